The molecule has 0 amide bonds. The highest BCUT2D eigenvalue weighted by Gasteiger charge is 2.18. The number of aromatic nitrogens is 4. The summed E-state index contributed by atoms with van der Waals surface area (Å²) in [7, 11) is 0. The number of rotatable bonds is 3. The van der Waals surface area contributed by atoms with E-state index < -0.39 is 0 Å². The number of hydrogen-bond acceptors (Lipinski definition) is 3. The van der Waals surface area contributed by atoms with E-state index in [2.05, 4.69) is 143 Å². The molecule has 1 aliphatic carbocycles. The Balaban J connectivity index is 0.984. The summed E-state index contributed by atoms with van der Waals surface area (Å²) in [5.41, 5.74) is 16.5. The summed E-state index contributed by atoms with van der Waals surface area (Å²) < 4.78 is 2.36. The van der Waals surface area contributed by atoms with Crippen molar-refractivity contribution in [1.29, 1.82) is 0 Å². The summed E-state index contributed by atoms with van der Waals surface area (Å²) in [6, 6.07) is 48.3. The molecule has 238 valence electrons. The fraction of sp³-hybridized carbons (Fsp3) is 0.0426. The van der Waals surface area contributed by atoms with E-state index >= 15 is 0 Å². The van der Waals surface area contributed by atoms with Gasteiger partial charge >= 0.3 is 0 Å². The highest BCUT2D eigenvalue weighted by Crippen LogP contribution is 2.40. The summed E-state index contributed by atoms with van der Waals surface area (Å²) in [6.07, 6.45) is 10.3. The molecule has 51 heavy (non-hydrogen) atoms. The van der Waals surface area contributed by atoms with E-state index in [9.17, 15) is 0 Å². The molecule has 0 radical (unpaired) electrons. The van der Waals surface area contributed by atoms with Crippen LogP contribution in [0.3, 0.4) is 0 Å². The number of allylic oxidation sites excluding steroid dienone is 1. The quantitative estimate of drug-likeness (QED) is 0.179. The molecule has 0 saturated carbocycles. The van der Waals surface area contributed by atoms with Crippen molar-refractivity contribution in [2.45, 2.75) is 12.8 Å². The van der Waals surface area contributed by atoms with Crippen LogP contribution in [0, 0.1) is 0 Å². The van der Waals surface area contributed by atoms with Crippen molar-refractivity contribution in [3.63, 3.8) is 0 Å². The molecule has 0 bridgehead atoms. The number of aryl methyl sites for hydroxylation is 1. The SMILES string of the molecule is C1=C(c2ccc(-c3c4ccccc4n4c3cnc3ccccc34)cc2)CCc2ccc3cc(-c4ccnc5c4ccc4cccnc45)ccc3c21. The van der Waals surface area contributed by atoms with Gasteiger partial charge in [-0.15, -0.1) is 0 Å². The maximum atomic E-state index is 4.84. The lowest BCUT2D eigenvalue weighted by molar-refractivity contribution is 1.01. The van der Waals surface area contributed by atoms with Crippen molar-refractivity contribution in [3.8, 4) is 22.3 Å². The Morgan fingerprint density at radius 3 is 2.22 bits per heavy atom. The lowest BCUT2D eigenvalue weighted by Crippen LogP contribution is -2.00. The first-order valence-corrected chi connectivity index (χ1v) is 17.6. The molecule has 10 aromatic rings. The van der Waals surface area contributed by atoms with Gasteiger partial charge in [0.25, 0.3) is 0 Å². The molecule has 0 atom stereocenters. The van der Waals surface area contributed by atoms with Gasteiger partial charge in [0.2, 0.25) is 0 Å². The average Bonchev–Trinajstić information content (AvgIpc) is 3.55. The molecule has 0 aliphatic heterocycles. The van der Waals surface area contributed by atoms with Crippen LogP contribution in [0.4, 0.5) is 0 Å². The lowest BCUT2D eigenvalue weighted by Gasteiger charge is -2.19. The van der Waals surface area contributed by atoms with Gasteiger partial charge in [-0.3, -0.25) is 15.0 Å². The number of para-hydroxylation sites is 3. The second-order valence-electron chi connectivity index (χ2n) is 13.6. The largest absolute Gasteiger partial charge is 0.306 e. The molecule has 11 rings (SSSR count). The monoisotopic (exact) mass is 650 g/mol. The molecule has 1 aliphatic rings. The zero-order valence-corrected chi connectivity index (χ0v) is 27.7. The highest BCUT2D eigenvalue weighted by molar-refractivity contribution is 6.10. The Hall–Kier alpha value is -6.65. The molecule has 4 aromatic heterocycles. The molecule has 0 unspecified atom stereocenters. The van der Waals surface area contributed by atoms with Gasteiger partial charge < -0.3 is 4.40 Å². The minimum Gasteiger partial charge on any atom is -0.306 e. The van der Waals surface area contributed by atoms with E-state index in [-0.39, 0.29) is 0 Å². The molecular formula is C47H30N4. The first-order chi connectivity index (χ1) is 25.3. The summed E-state index contributed by atoms with van der Waals surface area (Å²) >= 11 is 0. The molecule has 0 spiro atoms. The number of fused-ring (bicyclic) bond motifs is 11. The summed E-state index contributed by atoms with van der Waals surface area (Å²) in [4.78, 5) is 14.2. The first-order valence-electron chi connectivity index (χ1n) is 17.6. The molecule has 4 heteroatoms. The van der Waals surface area contributed by atoms with Crippen molar-refractivity contribution in [3.05, 3.63) is 169 Å². The van der Waals surface area contributed by atoms with Crippen molar-refractivity contribution in [2.24, 2.45) is 0 Å². The van der Waals surface area contributed by atoms with Crippen LogP contribution in [0.15, 0.2) is 152 Å². The van der Waals surface area contributed by atoms with Gasteiger partial charge in [0.1, 0.15) is 0 Å². The van der Waals surface area contributed by atoms with Gasteiger partial charge in [-0.25, -0.2) is 0 Å². The van der Waals surface area contributed by atoms with Gasteiger partial charge in [-0.1, -0.05) is 103 Å². The standard InChI is InChI=1S/C47H30N4/c1-3-9-42-39(7-1)45(44-28-50-41-8-2-4-10-43(41)51(42)44)31-15-11-29(12-16-31)33-17-13-30-14-18-34-26-35(20-21-36(34)40(30)27-33)37-23-25-49-47-38(37)22-19-32-6-5-24-48-46(32)47/h1-12,14-16,18-28H,13,17H2. The van der Waals surface area contributed by atoms with Crippen LogP contribution in [0.25, 0.3) is 93.9 Å². The number of benzene rings is 6. The van der Waals surface area contributed by atoms with Crippen LogP contribution in [0.1, 0.15) is 23.1 Å². The van der Waals surface area contributed by atoms with Crippen LogP contribution in [-0.4, -0.2) is 19.4 Å². The third kappa shape index (κ3) is 4.30. The summed E-state index contributed by atoms with van der Waals surface area (Å²) in [6.45, 7) is 0. The fourth-order valence-electron chi connectivity index (χ4n) is 8.39. The predicted molar refractivity (Wildman–Crippen MR) is 212 cm³/mol. The fourth-order valence-corrected chi connectivity index (χ4v) is 8.39. The van der Waals surface area contributed by atoms with Crippen LogP contribution in [0.5, 0.6) is 0 Å². The Bertz CT molecular complexity index is 3080. The van der Waals surface area contributed by atoms with Crippen LogP contribution in [-0.2, 0) is 6.42 Å². The van der Waals surface area contributed by atoms with Gasteiger partial charge in [0.15, 0.2) is 0 Å². The van der Waals surface area contributed by atoms with Crippen molar-refractivity contribution >= 4 is 71.7 Å². The Kier molecular flexibility index (Phi) is 6.05. The molecular weight excluding hydrogens is 621 g/mol. The van der Waals surface area contributed by atoms with E-state index in [1.165, 1.54) is 66.2 Å². The average molecular weight is 651 g/mol. The zero-order valence-electron chi connectivity index (χ0n) is 27.7. The van der Waals surface area contributed by atoms with Crippen molar-refractivity contribution < 1.29 is 0 Å². The summed E-state index contributed by atoms with van der Waals surface area (Å²) in [5.74, 6) is 0. The normalized spacial score (nSPS) is 13.1. The lowest BCUT2D eigenvalue weighted by atomic mass is 9.85. The molecule has 0 saturated heterocycles. The maximum absolute atomic E-state index is 4.84. The second-order valence-corrected chi connectivity index (χ2v) is 13.6. The topological polar surface area (TPSA) is 43.1 Å². The third-order valence-electron chi connectivity index (χ3n) is 10.8. The third-order valence-corrected chi connectivity index (χ3v) is 10.8. The Morgan fingerprint density at radius 2 is 1.27 bits per heavy atom. The number of pyridine rings is 2. The van der Waals surface area contributed by atoms with Gasteiger partial charge in [-0.2, -0.15) is 0 Å². The molecule has 0 N–H and O–H groups in total. The van der Waals surface area contributed by atoms with Crippen LogP contribution in [0.2, 0.25) is 0 Å². The molecule has 6 aromatic carbocycles. The van der Waals surface area contributed by atoms with Gasteiger partial charge in [0, 0.05) is 34.1 Å². The van der Waals surface area contributed by atoms with Gasteiger partial charge in [0.05, 0.1) is 39.3 Å². The van der Waals surface area contributed by atoms with E-state index in [1.807, 2.05) is 24.7 Å². The zero-order chi connectivity index (χ0) is 33.5. The first kappa shape index (κ1) is 28.2. The summed E-state index contributed by atoms with van der Waals surface area (Å²) in [5, 5.41) is 6.01. The van der Waals surface area contributed by atoms with E-state index in [0.717, 1.165) is 51.2 Å². The van der Waals surface area contributed by atoms with Crippen molar-refractivity contribution in [2.75, 3.05) is 0 Å². The Labute approximate surface area is 294 Å². The maximum Gasteiger partial charge on any atom is 0.0970 e. The van der Waals surface area contributed by atoms with Crippen LogP contribution >= 0.6 is 0 Å². The highest BCUT2D eigenvalue weighted by atomic mass is 14.9. The van der Waals surface area contributed by atoms with E-state index in [0.29, 0.717) is 0 Å². The minimum absolute atomic E-state index is 0.943. The Morgan fingerprint density at radius 1 is 0.490 bits per heavy atom. The van der Waals surface area contributed by atoms with Gasteiger partial charge in [-0.05, 0) is 99.0 Å². The van der Waals surface area contributed by atoms with E-state index in [4.69, 9.17) is 9.97 Å². The molecule has 4 nitrogen and oxygen atoms in total. The van der Waals surface area contributed by atoms with E-state index in [1.54, 1.807) is 0 Å². The predicted octanol–water partition coefficient (Wildman–Crippen LogP) is 11.7. The van der Waals surface area contributed by atoms with Crippen molar-refractivity contribution in [1.82, 2.24) is 19.4 Å². The minimum atomic E-state index is 0.943. The smallest absolute Gasteiger partial charge is 0.0970 e. The van der Waals surface area contributed by atoms with Crippen LogP contribution < -0.4 is 0 Å². The number of hydrogen-bond donors (Lipinski definition) is 0. The second kappa shape index (κ2) is 10.9. The molecule has 0 fully saturated rings. The number of nitrogens with zero attached hydrogens (tertiary/aromatic N) is 4. The molecule has 4 heterocycles.